The van der Waals surface area contributed by atoms with Crippen molar-refractivity contribution >= 4 is 0 Å². The molecule has 4 heterocycles. The Hall–Kier alpha value is -2.71. The van der Waals surface area contributed by atoms with Crippen LogP contribution in [-0.4, -0.2) is 62.8 Å². The van der Waals surface area contributed by atoms with E-state index >= 15 is 0 Å². The van der Waals surface area contributed by atoms with Crippen LogP contribution in [0.2, 0.25) is 0 Å². The van der Waals surface area contributed by atoms with Crippen LogP contribution >= 0.6 is 0 Å². The minimum Gasteiger partial charge on any atom is -0.494 e. The molecule has 8 nitrogen and oxygen atoms in total. The smallest absolute Gasteiger partial charge is 0.138 e. The lowest BCUT2D eigenvalue weighted by molar-refractivity contribution is 0.0104. The zero-order valence-electron chi connectivity index (χ0n) is 19.2. The number of aromatic amines is 1. The van der Waals surface area contributed by atoms with E-state index in [2.05, 4.69) is 42.0 Å². The molecule has 0 amide bonds. The highest BCUT2D eigenvalue weighted by Gasteiger charge is 2.50. The molecule has 1 aliphatic carbocycles. The monoisotopic (exact) mass is 448 g/mol. The predicted octanol–water partition coefficient (Wildman–Crippen LogP) is 3.80. The van der Waals surface area contributed by atoms with Gasteiger partial charge in [-0.2, -0.15) is 5.10 Å². The summed E-state index contributed by atoms with van der Waals surface area (Å²) in [4.78, 5) is 2.59. The van der Waals surface area contributed by atoms with E-state index < -0.39 is 0 Å². The van der Waals surface area contributed by atoms with Gasteiger partial charge in [0.15, 0.2) is 0 Å². The number of nitrogens with one attached hydrogen (secondary N) is 1. The third kappa shape index (κ3) is 3.95. The average Bonchev–Trinajstić information content (AvgIpc) is 3.23. The zero-order valence-corrected chi connectivity index (χ0v) is 19.2. The number of likely N-dealkylation sites (tertiary alicyclic amines) is 1. The van der Waals surface area contributed by atoms with Crippen LogP contribution in [0.4, 0.5) is 0 Å². The van der Waals surface area contributed by atoms with Gasteiger partial charge in [-0.15, -0.1) is 10.2 Å². The molecule has 2 aliphatic heterocycles. The minimum atomic E-state index is 0.209. The van der Waals surface area contributed by atoms with Crippen molar-refractivity contribution in [2.75, 3.05) is 32.9 Å². The molecule has 6 rings (SSSR count). The molecule has 174 valence electrons. The first kappa shape index (κ1) is 20.9. The third-order valence-electron chi connectivity index (χ3n) is 7.63. The SMILES string of the molecule is CCOc1ccc(-c2[nH]ncc2CN2CC(c3nncn3C3CC3)C3(CCOCC3)C2)cc1. The van der Waals surface area contributed by atoms with Crippen molar-refractivity contribution in [2.45, 2.75) is 51.1 Å². The molecule has 0 bridgehead atoms. The van der Waals surface area contributed by atoms with Crippen LogP contribution in [0.1, 0.15) is 56.0 Å². The first-order valence-corrected chi connectivity index (χ1v) is 12.2. The van der Waals surface area contributed by atoms with Crippen LogP contribution in [0.15, 0.2) is 36.8 Å². The van der Waals surface area contributed by atoms with E-state index in [0.29, 0.717) is 18.6 Å². The van der Waals surface area contributed by atoms with Gasteiger partial charge >= 0.3 is 0 Å². The fraction of sp³-hybridized carbons (Fsp3) is 0.560. The average molecular weight is 449 g/mol. The van der Waals surface area contributed by atoms with Crippen molar-refractivity contribution in [1.29, 1.82) is 0 Å². The Morgan fingerprint density at radius 3 is 2.76 bits per heavy atom. The summed E-state index contributed by atoms with van der Waals surface area (Å²) in [6, 6.07) is 8.86. The standard InChI is InChI=1S/C25H32N6O2/c1-2-33-21-7-3-18(4-8-21)23-19(13-26-28-23)14-30-15-22(25(16-30)9-11-32-12-10-25)24-29-27-17-31(24)20-5-6-20/h3-4,7-8,13,17,20,22H,2,5-6,9-12,14-16H2,1H3,(H,26,28). The number of H-pyrrole nitrogens is 1. The van der Waals surface area contributed by atoms with Crippen LogP contribution in [-0.2, 0) is 11.3 Å². The highest BCUT2D eigenvalue weighted by molar-refractivity contribution is 5.63. The lowest BCUT2D eigenvalue weighted by atomic mass is 9.71. The zero-order chi connectivity index (χ0) is 22.3. The molecular weight excluding hydrogens is 416 g/mol. The van der Waals surface area contributed by atoms with Crippen molar-refractivity contribution in [3.05, 3.63) is 48.2 Å². The van der Waals surface area contributed by atoms with E-state index in [1.165, 1.54) is 24.2 Å². The number of hydrogen-bond donors (Lipinski definition) is 1. The third-order valence-corrected chi connectivity index (χ3v) is 7.63. The van der Waals surface area contributed by atoms with Crippen LogP contribution in [0.25, 0.3) is 11.3 Å². The number of nitrogens with zero attached hydrogens (tertiary/aromatic N) is 5. The predicted molar refractivity (Wildman–Crippen MR) is 124 cm³/mol. The lowest BCUT2D eigenvalue weighted by Gasteiger charge is -2.37. The highest BCUT2D eigenvalue weighted by atomic mass is 16.5. The first-order valence-electron chi connectivity index (χ1n) is 12.2. The molecule has 1 N–H and O–H groups in total. The summed E-state index contributed by atoms with van der Waals surface area (Å²) in [6.07, 6.45) is 8.59. The van der Waals surface area contributed by atoms with Crippen LogP contribution in [0.3, 0.4) is 0 Å². The van der Waals surface area contributed by atoms with Gasteiger partial charge in [-0.1, -0.05) is 0 Å². The van der Waals surface area contributed by atoms with Crippen LogP contribution in [0, 0.1) is 5.41 Å². The fourth-order valence-corrected chi connectivity index (χ4v) is 5.77. The van der Waals surface area contributed by atoms with Gasteiger partial charge in [-0.05, 0) is 62.3 Å². The van der Waals surface area contributed by atoms with Crippen molar-refractivity contribution in [2.24, 2.45) is 5.41 Å². The summed E-state index contributed by atoms with van der Waals surface area (Å²) >= 11 is 0. The molecular formula is C25H32N6O2. The minimum absolute atomic E-state index is 0.209. The molecule has 1 saturated carbocycles. The Bertz CT molecular complexity index is 1080. The topological polar surface area (TPSA) is 81.1 Å². The molecule has 3 fully saturated rings. The summed E-state index contributed by atoms with van der Waals surface area (Å²) in [5.41, 5.74) is 3.66. The van der Waals surface area contributed by atoms with E-state index in [4.69, 9.17) is 9.47 Å². The van der Waals surface area contributed by atoms with E-state index in [9.17, 15) is 0 Å². The van der Waals surface area contributed by atoms with E-state index in [-0.39, 0.29) is 5.41 Å². The molecule has 1 aromatic carbocycles. The van der Waals surface area contributed by atoms with Gasteiger partial charge in [0.05, 0.1) is 18.5 Å². The molecule has 8 heteroatoms. The Labute approximate surface area is 194 Å². The summed E-state index contributed by atoms with van der Waals surface area (Å²) in [5.74, 6) is 2.47. The molecule has 3 aliphatic rings. The summed E-state index contributed by atoms with van der Waals surface area (Å²) in [5, 5.41) is 16.6. The quantitative estimate of drug-likeness (QED) is 0.592. The molecule has 33 heavy (non-hydrogen) atoms. The highest BCUT2D eigenvalue weighted by Crippen LogP contribution is 2.50. The Kier molecular flexibility index (Phi) is 5.42. The number of ether oxygens (including phenoxy) is 2. The Morgan fingerprint density at radius 1 is 1.18 bits per heavy atom. The van der Waals surface area contributed by atoms with E-state index in [1.54, 1.807) is 0 Å². The molecule has 1 spiro atoms. The summed E-state index contributed by atoms with van der Waals surface area (Å²) < 4.78 is 13.7. The van der Waals surface area contributed by atoms with Crippen molar-refractivity contribution in [3.8, 4) is 17.0 Å². The first-order chi connectivity index (χ1) is 16.3. The molecule has 3 aromatic rings. The Balaban J connectivity index is 1.25. The number of benzene rings is 1. The van der Waals surface area contributed by atoms with Crippen molar-refractivity contribution in [3.63, 3.8) is 0 Å². The number of rotatable bonds is 7. The molecule has 1 unspecified atom stereocenters. The number of aromatic nitrogens is 5. The second kappa shape index (κ2) is 8.57. The van der Waals surface area contributed by atoms with E-state index in [0.717, 1.165) is 62.7 Å². The van der Waals surface area contributed by atoms with Gasteiger partial charge in [0.2, 0.25) is 0 Å². The van der Waals surface area contributed by atoms with Crippen LogP contribution < -0.4 is 4.74 Å². The molecule has 2 aromatic heterocycles. The summed E-state index contributed by atoms with van der Waals surface area (Å²) in [6.45, 7) is 7.28. The molecule has 0 radical (unpaired) electrons. The second-order valence-electron chi connectivity index (χ2n) is 9.75. The summed E-state index contributed by atoms with van der Waals surface area (Å²) in [7, 11) is 0. The molecule has 2 saturated heterocycles. The van der Waals surface area contributed by atoms with Gasteiger partial charge < -0.3 is 14.0 Å². The Morgan fingerprint density at radius 2 is 2.00 bits per heavy atom. The largest absolute Gasteiger partial charge is 0.494 e. The van der Waals surface area contributed by atoms with Gasteiger partial charge in [-0.3, -0.25) is 10.00 Å². The van der Waals surface area contributed by atoms with Gasteiger partial charge in [0.1, 0.15) is 17.9 Å². The normalized spacial score (nSPS) is 22.8. The lowest BCUT2D eigenvalue weighted by Crippen LogP contribution is -2.37. The number of hydrogen-bond acceptors (Lipinski definition) is 6. The maximum Gasteiger partial charge on any atom is 0.138 e. The van der Waals surface area contributed by atoms with E-state index in [1.807, 2.05) is 31.6 Å². The second-order valence-corrected chi connectivity index (χ2v) is 9.75. The van der Waals surface area contributed by atoms with Gasteiger partial charge in [-0.25, -0.2) is 0 Å². The van der Waals surface area contributed by atoms with Gasteiger partial charge in [0, 0.05) is 55.9 Å². The van der Waals surface area contributed by atoms with Gasteiger partial charge in [0.25, 0.3) is 0 Å². The fourth-order valence-electron chi connectivity index (χ4n) is 5.77. The van der Waals surface area contributed by atoms with Crippen LogP contribution in [0.5, 0.6) is 5.75 Å². The molecule has 1 atom stereocenters. The maximum absolute atomic E-state index is 5.77. The van der Waals surface area contributed by atoms with Crippen molar-refractivity contribution in [1.82, 2.24) is 29.9 Å². The van der Waals surface area contributed by atoms with Crippen molar-refractivity contribution < 1.29 is 9.47 Å². The maximum atomic E-state index is 5.77.